The molecule has 0 saturated carbocycles. The molecule has 2 aromatic carbocycles. The summed E-state index contributed by atoms with van der Waals surface area (Å²) >= 11 is 0. The molecule has 0 saturated heterocycles. The number of aryl methyl sites for hydroxylation is 1. The predicted octanol–water partition coefficient (Wildman–Crippen LogP) is 2.71. The smallest absolute Gasteiger partial charge is 0.328 e. The first-order valence-corrected chi connectivity index (χ1v) is 8.79. The molecule has 9 nitrogen and oxygen atoms in total. The molecule has 1 heterocycles. The first-order chi connectivity index (χ1) is 13.8. The third kappa shape index (κ3) is 4.70. The Bertz CT molecular complexity index is 1100. The van der Waals surface area contributed by atoms with Gasteiger partial charge in [0.05, 0.1) is 27.3 Å². The molecule has 0 bridgehead atoms. The quantitative estimate of drug-likeness (QED) is 0.387. The van der Waals surface area contributed by atoms with Crippen LogP contribution in [-0.4, -0.2) is 32.8 Å². The lowest BCUT2D eigenvalue weighted by molar-refractivity contribution is -0.384. The Hall–Kier alpha value is -3.88. The number of carbonyl (C=O) groups is 2. The molecule has 3 aromatic rings. The van der Waals surface area contributed by atoms with E-state index in [0.717, 1.165) is 11.6 Å². The van der Waals surface area contributed by atoms with Gasteiger partial charge in [0.1, 0.15) is 12.6 Å². The number of amides is 1. The highest BCUT2D eigenvalue weighted by Gasteiger charge is 2.20. The average Bonchev–Trinajstić information content (AvgIpc) is 2.71. The number of nitrogens with one attached hydrogen (secondary N) is 1. The summed E-state index contributed by atoms with van der Waals surface area (Å²) in [7, 11) is 0. The van der Waals surface area contributed by atoms with Crippen LogP contribution in [-0.2, 0) is 16.1 Å². The van der Waals surface area contributed by atoms with Crippen LogP contribution in [0.25, 0.3) is 11.0 Å². The molecule has 148 valence electrons. The summed E-state index contributed by atoms with van der Waals surface area (Å²) in [6.45, 7) is 3.16. The minimum absolute atomic E-state index is 0.0788. The van der Waals surface area contributed by atoms with Gasteiger partial charge in [-0.15, -0.1) is 0 Å². The molecule has 0 aliphatic heterocycles. The number of fused-ring (bicyclic) bond motifs is 1. The van der Waals surface area contributed by atoms with Gasteiger partial charge >= 0.3 is 5.97 Å². The SMILES string of the molecule is Cc1nc2ccccc2nc1COC(=O)[C@@H](C)NC(=O)c1cccc([N+](=O)[O-])c1. The van der Waals surface area contributed by atoms with Crippen LogP contribution in [0.5, 0.6) is 0 Å². The normalized spacial score (nSPS) is 11.7. The molecular weight excluding hydrogens is 376 g/mol. The molecule has 9 heteroatoms. The zero-order valence-electron chi connectivity index (χ0n) is 15.8. The summed E-state index contributed by atoms with van der Waals surface area (Å²) in [5.74, 6) is -1.27. The zero-order chi connectivity index (χ0) is 21.0. The van der Waals surface area contributed by atoms with Crippen LogP contribution >= 0.6 is 0 Å². The molecule has 1 aromatic heterocycles. The van der Waals surface area contributed by atoms with Crippen LogP contribution < -0.4 is 5.32 Å². The highest BCUT2D eigenvalue weighted by molar-refractivity contribution is 5.97. The Balaban J connectivity index is 1.62. The number of aromatic nitrogens is 2. The maximum absolute atomic E-state index is 12.2. The van der Waals surface area contributed by atoms with Crippen molar-refractivity contribution in [3.63, 3.8) is 0 Å². The van der Waals surface area contributed by atoms with Gasteiger partial charge in [0.25, 0.3) is 11.6 Å². The summed E-state index contributed by atoms with van der Waals surface area (Å²) in [4.78, 5) is 43.6. The second kappa shape index (κ2) is 8.42. The van der Waals surface area contributed by atoms with Gasteiger partial charge in [0.2, 0.25) is 0 Å². The van der Waals surface area contributed by atoms with E-state index in [0.29, 0.717) is 16.9 Å². The fourth-order valence-corrected chi connectivity index (χ4v) is 2.63. The van der Waals surface area contributed by atoms with E-state index in [1.54, 1.807) is 6.92 Å². The van der Waals surface area contributed by atoms with Crippen LogP contribution in [0.1, 0.15) is 28.7 Å². The number of ether oxygens (including phenoxy) is 1. The largest absolute Gasteiger partial charge is 0.458 e. The van der Waals surface area contributed by atoms with Crippen LogP contribution in [0.4, 0.5) is 5.69 Å². The van der Waals surface area contributed by atoms with Crippen molar-refractivity contribution in [3.05, 3.63) is 75.6 Å². The molecule has 0 radical (unpaired) electrons. The van der Waals surface area contributed by atoms with E-state index in [-0.39, 0.29) is 17.9 Å². The number of rotatable bonds is 6. The van der Waals surface area contributed by atoms with Crippen molar-refractivity contribution < 1.29 is 19.2 Å². The van der Waals surface area contributed by atoms with E-state index in [9.17, 15) is 19.7 Å². The molecule has 0 fully saturated rings. The third-order valence-electron chi connectivity index (χ3n) is 4.21. The van der Waals surface area contributed by atoms with Crippen molar-refractivity contribution in [1.29, 1.82) is 0 Å². The summed E-state index contributed by atoms with van der Waals surface area (Å²) in [6, 6.07) is 11.7. The lowest BCUT2D eigenvalue weighted by Crippen LogP contribution is -2.39. The number of benzene rings is 2. The van der Waals surface area contributed by atoms with Gasteiger partial charge in [-0.25, -0.2) is 14.8 Å². The molecule has 0 unspecified atom stereocenters. The summed E-state index contributed by atoms with van der Waals surface area (Å²) in [5, 5.41) is 13.3. The summed E-state index contributed by atoms with van der Waals surface area (Å²) in [6.07, 6.45) is 0. The Kier molecular flexibility index (Phi) is 5.77. The Labute approximate surface area is 165 Å². The van der Waals surface area contributed by atoms with Crippen molar-refractivity contribution in [2.24, 2.45) is 0 Å². The molecule has 29 heavy (non-hydrogen) atoms. The molecule has 0 aliphatic rings. The minimum Gasteiger partial charge on any atom is -0.458 e. The van der Waals surface area contributed by atoms with Gasteiger partial charge in [-0.2, -0.15) is 0 Å². The van der Waals surface area contributed by atoms with Crippen LogP contribution in [0, 0.1) is 17.0 Å². The highest BCUT2D eigenvalue weighted by atomic mass is 16.6. The Morgan fingerprint density at radius 1 is 1.14 bits per heavy atom. The van der Waals surface area contributed by atoms with E-state index in [2.05, 4.69) is 15.3 Å². The number of para-hydroxylation sites is 2. The van der Waals surface area contributed by atoms with Crippen molar-refractivity contribution >= 4 is 28.6 Å². The molecule has 3 rings (SSSR count). The third-order valence-corrected chi connectivity index (χ3v) is 4.21. The second-order valence-electron chi connectivity index (χ2n) is 6.35. The maximum Gasteiger partial charge on any atom is 0.328 e. The van der Waals surface area contributed by atoms with E-state index in [4.69, 9.17) is 4.74 Å². The molecule has 1 atom stereocenters. The van der Waals surface area contributed by atoms with Crippen LogP contribution in [0.2, 0.25) is 0 Å². The van der Waals surface area contributed by atoms with E-state index < -0.39 is 22.8 Å². The molecule has 0 aliphatic carbocycles. The van der Waals surface area contributed by atoms with E-state index in [1.165, 1.54) is 25.1 Å². The van der Waals surface area contributed by atoms with Gasteiger partial charge in [-0.05, 0) is 32.0 Å². The lowest BCUT2D eigenvalue weighted by Gasteiger charge is -2.14. The van der Waals surface area contributed by atoms with Crippen molar-refractivity contribution in [2.75, 3.05) is 0 Å². The van der Waals surface area contributed by atoms with Crippen LogP contribution in [0.15, 0.2) is 48.5 Å². The fraction of sp³-hybridized carbons (Fsp3) is 0.200. The molecule has 0 spiro atoms. The number of esters is 1. The number of hydrogen-bond donors (Lipinski definition) is 1. The minimum atomic E-state index is -0.949. The monoisotopic (exact) mass is 394 g/mol. The lowest BCUT2D eigenvalue weighted by atomic mass is 10.2. The Morgan fingerprint density at radius 2 is 1.83 bits per heavy atom. The van der Waals surface area contributed by atoms with Gasteiger partial charge < -0.3 is 10.1 Å². The summed E-state index contributed by atoms with van der Waals surface area (Å²) < 4.78 is 5.25. The number of nitro groups is 1. The number of non-ortho nitro benzene ring substituents is 1. The predicted molar refractivity (Wildman–Crippen MR) is 104 cm³/mol. The second-order valence-corrected chi connectivity index (χ2v) is 6.35. The number of nitrogens with zero attached hydrogens (tertiary/aromatic N) is 3. The van der Waals surface area contributed by atoms with E-state index >= 15 is 0 Å². The number of nitro benzene ring substituents is 1. The number of hydrogen-bond acceptors (Lipinski definition) is 7. The van der Waals surface area contributed by atoms with Crippen molar-refractivity contribution in [1.82, 2.24) is 15.3 Å². The molecule has 1 N–H and O–H groups in total. The van der Waals surface area contributed by atoms with Crippen molar-refractivity contribution in [2.45, 2.75) is 26.5 Å². The Morgan fingerprint density at radius 3 is 2.52 bits per heavy atom. The fourth-order valence-electron chi connectivity index (χ4n) is 2.63. The number of carbonyl (C=O) groups excluding carboxylic acids is 2. The van der Waals surface area contributed by atoms with Crippen LogP contribution in [0.3, 0.4) is 0 Å². The topological polar surface area (TPSA) is 124 Å². The maximum atomic E-state index is 12.2. The van der Waals surface area contributed by atoms with Crippen molar-refractivity contribution in [3.8, 4) is 0 Å². The average molecular weight is 394 g/mol. The first-order valence-electron chi connectivity index (χ1n) is 8.79. The summed E-state index contributed by atoms with van der Waals surface area (Å²) in [5.41, 5.74) is 2.47. The van der Waals surface area contributed by atoms with Gasteiger partial charge in [0, 0.05) is 17.7 Å². The first kappa shape index (κ1) is 19.9. The molecule has 1 amide bonds. The standard InChI is InChI=1S/C20H18N4O5/c1-12-18(23-17-9-4-3-8-16(17)21-12)11-29-20(26)13(2)22-19(25)14-6-5-7-15(10-14)24(27)28/h3-10,13H,11H2,1-2H3,(H,22,25)/t13-/m1/s1. The zero-order valence-corrected chi connectivity index (χ0v) is 15.8. The van der Waals surface area contributed by atoms with Gasteiger partial charge in [-0.3, -0.25) is 14.9 Å². The van der Waals surface area contributed by atoms with Gasteiger partial charge in [0.15, 0.2) is 0 Å². The van der Waals surface area contributed by atoms with E-state index in [1.807, 2.05) is 24.3 Å². The highest BCUT2D eigenvalue weighted by Crippen LogP contribution is 2.14. The van der Waals surface area contributed by atoms with Gasteiger partial charge in [-0.1, -0.05) is 18.2 Å². The molecular formula is C20H18N4O5.